The molecule has 0 N–H and O–H groups in total. The number of aromatic nitrogens is 1. The summed E-state index contributed by atoms with van der Waals surface area (Å²) in [6, 6.07) is 17.5. The third kappa shape index (κ3) is 2.93. The second-order valence-electron chi connectivity index (χ2n) is 5.22. The van der Waals surface area contributed by atoms with Gasteiger partial charge >= 0.3 is 0 Å². The average Bonchev–Trinajstić information content (AvgIpc) is 2.55. The molecule has 0 saturated heterocycles. The van der Waals surface area contributed by atoms with Crippen LogP contribution in [-0.2, 0) is 0 Å². The first-order valence-electron chi connectivity index (χ1n) is 7.15. The molecule has 0 aliphatic heterocycles. The molecule has 0 saturated carbocycles. The third-order valence-corrected chi connectivity index (χ3v) is 3.59. The number of carbonyl (C=O) groups excluding carboxylic acids is 1. The van der Waals surface area contributed by atoms with E-state index in [-0.39, 0.29) is 5.78 Å². The molecular weight excluding hydrogens is 272 g/mol. The Morgan fingerprint density at radius 3 is 2.41 bits per heavy atom. The smallest absolute Gasteiger partial charge is 0.159 e. The van der Waals surface area contributed by atoms with Crippen LogP contribution in [0.4, 0.5) is 5.82 Å². The number of benzene rings is 2. The molecule has 0 bridgehead atoms. The lowest BCUT2D eigenvalue weighted by Gasteiger charge is -2.04. The number of hydrogen-bond acceptors (Lipinski definition) is 3. The Kier molecular flexibility index (Phi) is 3.79. The minimum Gasteiger partial charge on any atom is -0.295 e. The van der Waals surface area contributed by atoms with E-state index < -0.39 is 0 Å². The van der Waals surface area contributed by atoms with Gasteiger partial charge in [0.1, 0.15) is 0 Å². The van der Waals surface area contributed by atoms with Gasteiger partial charge in [-0.1, -0.05) is 42.5 Å². The van der Waals surface area contributed by atoms with Crippen LogP contribution in [0.3, 0.4) is 0 Å². The molecule has 3 aromatic rings. The summed E-state index contributed by atoms with van der Waals surface area (Å²) in [4.78, 5) is 20.4. The molecule has 0 aliphatic carbocycles. The van der Waals surface area contributed by atoms with Crippen LogP contribution in [0.2, 0.25) is 0 Å². The maximum absolute atomic E-state index is 11.5. The fraction of sp³-hybridized carbons (Fsp3) is 0.105. The van der Waals surface area contributed by atoms with Crippen LogP contribution in [-0.4, -0.2) is 16.5 Å². The summed E-state index contributed by atoms with van der Waals surface area (Å²) in [5.41, 5.74) is 2.46. The van der Waals surface area contributed by atoms with Crippen molar-refractivity contribution in [3.63, 3.8) is 0 Å². The van der Waals surface area contributed by atoms with Crippen molar-refractivity contribution in [2.75, 3.05) is 0 Å². The van der Waals surface area contributed by atoms with E-state index in [2.05, 4.69) is 9.98 Å². The van der Waals surface area contributed by atoms with Gasteiger partial charge in [-0.05, 0) is 36.9 Å². The summed E-state index contributed by atoms with van der Waals surface area (Å²) in [5, 5.41) is 2.21. The number of nitrogens with zero attached hydrogens (tertiary/aromatic N) is 2. The van der Waals surface area contributed by atoms with E-state index in [9.17, 15) is 4.79 Å². The summed E-state index contributed by atoms with van der Waals surface area (Å²) in [7, 11) is 0. The molecule has 3 nitrogen and oxygen atoms in total. The highest BCUT2D eigenvalue weighted by Crippen LogP contribution is 2.19. The summed E-state index contributed by atoms with van der Waals surface area (Å²) in [6.45, 7) is 3.49. The van der Waals surface area contributed by atoms with Crippen LogP contribution in [0.1, 0.15) is 29.8 Å². The van der Waals surface area contributed by atoms with Crippen LogP contribution < -0.4 is 0 Å². The van der Waals surface area contributed by atoms with Gasteiger partial charge in [-0.2, -0.15) is 0 Å². The van der Waals surface area contributed by atoms with E-state index in [4.69, 9.17) is 0 Å². The van der Waals surface area contributed by atoms with Gasteiger partial charge in [0, 0.05) is 22.9 Å². The minimum atomic E-state index is 0.0541. The lowest BCUT2D eigenvalue weighted by Crippen LogP contribution is -1.98. The molecule has 1 heterocycles. The topological polar surface area (TPSA) is 42.3 Å². The Morgan fingerprint density at radius 2 is 1.64 bits per heavy atom. The zero-order valence-electron chi connectivity index (χ0n) is 12.6. The first kappa shape index (κ1) is 14.1. The van der Waals surface area contributed by atoms with Crippen LogP contribution in [0.5, 0.6) is 0 Å². The Balaban J connectivity index is 1.98. The van der Waals surface area contributed by atoms with Crippen LogP contribution in [0, 0.1) is 0 Å². The van der Waals surface area contributed by atoms with E-state index in [1.807, 2.05) is 67.7 Å². The number of Topliss-reactive ketones (excluding diaryl/α,β-unsaturated/α-hetero) is 1. The van der Waals surface area contributed by atoms with Gasteiger partial charge in [0.25, 0.3) is 0 Å². The molecule has 0 spiro atoms. The first-order chi connectivity index (χ1) is 10.6. The van der Waals surface area contributed by atoms with E-state index in [1.165, 1.54) is 0 Å². The number of carbonyl (C=O) groups is 1. The standard InChI is InChI=1S/C19H16N2O/c1-13(15-8-5-9-16(10-15)14(2)22)21-19-11-17-6-3-4-7-18(17)12-20-19/h3-12H,1-2H3. The van der Waals surface area contributed by atoms with E-state index in [1.54, 1.807) is 6.92 Å². The van der Waals surface area contributed by atoms with Crippen molar-refractivity contribution in [2.45, 2.75) is 13.8 Å². The van der Waals surface area contributed by atoms with Crippen molar-refractivity contribution in [2.24, 2.45) is 4.99 Å². The van der Waals surface area contributed by atoms with Gasteiger partial charge in [0.15, 0.2) is 11.6 Å². The van der Waals surface area contributed by atoms with Gasteiger partial charge < -0.3 is 0 Å². The fourth-order valence-electron chi connectivity index (χ4n) is 2.33. The first-order valence-corrected chi connectivity index (χ1v) is 7.15. The number of fused-ring (bicyclic) bond motifs is 1. The number of pyridine rings is 1. The lowest BCUT2D eigenvalue weighted by molar-refractivity contribution is 0.101. The monoisotopic (exact) mass is 288 g/mol. The van der Waals surface area contributed by atoms with Crippen molar-refractivity contribution < 1.29 is 4.79 Å². The van der Waals surface area contributed by atoms with Crippen LogP contribution >= 0.6 is 0 Å². The predicted octanol–water partition coefficient (Wildman–Crippen LogP) is 4.58. The van der Waals surface area contributed by atoms with Gasteiger partial charge in [-0.15, -0.1) is 0 Å². The molecule has 108 valence electrons. The van der Waals surface area contributed by atoms with E-state index >= 15 is 0 Å². The SMILES string of the molecule is CC(=O)c1cccc(C(C)=Nc2cc3ccccc3cn2)c1. The van der Waals surface area contributed by atoms with Crippen molar-refractivity contribution in [1.29, 1.82) is 0 Å². The number of hydrogen-bond donors (Lipinski definition) is 0. The molecule has 22 heavy (non-hydrogen) atoms. The molecule has 0 unspecified atom stereocenters. The molecule has 0 radical (unpaired) electrons. The van der Waals surface area contributed by atoms with Crippen molar-refractivity contribution in [1.82, 2.24) is 4.98 Å². The highest BCUT2D eigenvalue weighted by molar-refractivity contribution is 6.03. The zero-order valence-corrected chi connectivity index (χ0v) is 12.6. The molecule has 0 aliphatic rings. The van der Waals surface area contributed by atoms with E-state index in [0.29, 0.717) is 11.4 Å². The van der Waals surface area contributed by atoms with Crippen LogP contribution in [0.15, 0.2) is 65.8 Å². The lowest BCUT2D eigenvalue weighted by atomic mass is 10.1. The fourth-order valence-corrected chi connectivity index (χ4v) is 2.33. The van der Waals surface area contributed by atoms with Gasteiger partial charge in [-0.25, -0.2) is 9.98 Å². The molecule has 3 rings (SSSR count). The van der Waals surface area contributed by atoms with Gasteiger partial charge in [0.2, 0.25) is 0 Å². The number of aliphatic imine (C=N–C) groups is 1. The molecule has 3 heteroatoms. The van der Waals surface area contributed by atoms with Crippen LogP contribution in [0.25, 0.3) is 10.8 Å². The Hall–Kier alpha value is -2.81. The van der Waals surface area contributed by atoms with Crippen molar-refractivity contribution >= 4 is 28.1 Å². The molecular formula is C19H16N2O. The minimum absolute atomic E-state index is 0.0541. The Bertz CT molecular complexity index is 881. The second-order valence-corrected chi connectivity index (χ2v) is 5.22. The summed E-state index contributed by atoms with van der Waals surface area (Å²) in [5.74, 6) is 0.725. The molecule has 0 amide bonds. The molecule has 0 atom stereocenters. The number of ketones is 1. The third-order valence-electron chi connectivity index (χ3n) is 3.59. The summed E-state index contributed by atoms with van der Waals surface area (Å²) < 4.78 is 0. The largest absolute Gasteiger partial charge is 0.295 e. The Labute approximate surface area is 129 Å². The van der Waals surface area contributed by atoms with E-state index in [0.717, 1.165) is 22.0 Å². The summed E-state index contributed by atoms with van der Waals surface area (Å²) in [6.07, 6.45) is 1.83. The summed E-state index contributed by atoms with van der Waals surface area (Å²) >= 11 is 0. The van der Waals surface area contributed by atoms with Gasteiger partial charge in [0.05, 0.1) is 0 Å². The van der Waals surface area contributed by atoms with Crippen molar-refractivity contribution in [3.8, 4) is 0 Å². The number of rotatable bonds is 3. The normalized spacial score (nSPS) is 11.6. The highest BCUT2D eigenvalue weighted by Gasteiger charge is 2.04. The Morgan fingerprint density at radius 1 is 0.909 bits per heavy atom. The predicted molar refractivity (Wildman–Crippen MR) is 90.1 cm³/mol. The highest BCUT2D eigenvalue weighted by atomic mass is 16.1. The average molecular weight is 288 g/mol. The molecule has 2 aromatic carbocycles. The maximum Gasteiger partial charge on any atom is 0.159 e. The molecule has 1 aromatic heterocycles. The second kappa shape index (κ2) is 5.90. The zero-order chi connectivity index (χ0) is 15.5. The molecule has 0 fully saturated rings. The maximum atomic E-state index is 11.5. The van der Waals surface area contributed by atoms with Crippen molar-refractivity contribution in [3.05, 3.63) is 71.9 Å². The quantitative estimate of drug-likeness (QED) is 0.523. The van der Waals surface area contributed by atoms with Gasteiger partial charge in [-0.3, -0.25) is 4.79 Å².